The molecule has 0 aromatic rings. The van der Waals surface area contributed by atoms with Crippen LogP contribution in [-0.2, 0) is 14.3 Å². The van der Waals surface area contributed by atoms with Gasteiger partial charge in [-0.2, -0.15) is 0 Å². The molecule has 1 aliphatic heterocycles. The Morgan fingerprint density at radius 3 is 2.71 bits per heavy atom. The highest BCUT2D eigenvalue weighted by Gasteiger charge is 2.25. The molecule has 0 bridgehead atoms. The number of hydrogen-bond donors (Lipinski definition) is 0. The molecule has 1 saturated heterocycles. The van der Waals surface area contributed by atoms with Gasteiger partial charge in [-0.1, -0.05) is 31.4 Å². The molecule has 0 aliphatic carbocycles. The molecule has 0 aromatic carbocycles. The summed E-state index contributed by atoms with van der Waals surface area (Å²) < 4.78 is 10.1. The summed E-state index contributed by atoms with van der Waals surface area (Å²) in [5, 5.41) is 0. The van der Waals surface area contributed by atoms with E-state index in [1.54, 1.807) is 18.2 Å². The van der Waals surface area contributed by atoms with Crippen molar-refractivity contribution in [3.63, 3.8) is 0 Å². The van der Waals surface area contributed by atoms with Crippen molar-refractivity contribution in [2.45, 2.75) is 6.10 Å². The molecule has 0 radical (unpaired) electrons. The van der Waals surface area contributed by atoms with E-state index in [4.69, 9.17) is 9.47 Å². The van der Waals surface area contributed by atoms with Gasteiger partial charge in [0, 0.05) is 0 Å². The molecule has 1 rings (SSSR count). The van der Waals surface area contributed by atoms with Crippen LogP contribution in [-0.4, -0.2) is 18.7 Å². The van der Waals surface area contributed by atoms with Crippen LogP contribution in [0.5, 0.6) is 0 Å². The topological polar surface area (TPSA) is 35.5 Å². The Morgan fingerprint density at radius 1 is 1.50 bits per heavy atom. The first-order chi connectivity index (χ1) is 6.69. The lowest BCUT2D eigenvalue weighted by molar-refractivity contribution is -0.154. The Hall–Kier alpha value is -1.77. The Kier molecular flexibility index (Phi) is 3.29. The molecular weight excluding hydrogens is 180 g/mol. The fourth-order valence-corrected chi connectivity index (χ4v) is 1.09. The molecule has 0 saturated carbocycles. The summed E-state index contributed by atoms with van der Waals surface area (Å²) >= 11 is 0. The Bertz CT molecular complexity index is 312. The van der Waals surface area contributed by atoms with E-state index in [2.05, 4.69) is 19.7 Å². The van der Waals surface area contributed by atoms with Crippen LogP contribution in [0.15, 0.2) is 49.3 Å². The quantitative estimate of drug-likeness (QED) is 0.388. The van der Waals surface area contributed by atoms with Gasteiger partial charge in [0.2, 0.25) is 0 Å². The molecule has 0 spiro atoms. The third-order valence-corrected chi connectivity index (χ3v) is 1.80. The minimum absolute atomic E-state index is 0.0260. The van der Waals surface area contributed by atoms with Crippen molar-refractivity contribution < 1.29 is 14.3 Å². The largest absolute Gasteiger partial charge is 0.475 e. The Balaban J connectivity index is 2.75. The van der Waals surface area contributed by atoms with Crippen molar-refractivity contribution >= 4 is 5.97 Å². The molecule has 0 aromatic heterocycles. The van der Waals surface area contributed by atoms with Gasteiger partial charge in [0.25, 0.3) is 0 Å². The summed E-state index contributed by atoms with van der Waals surface area (Å²) in [7, 11) is 0. The number of ether oxygens (including phenoxy) is 2. The maximum absolute atomic E-state index is 10.9. The Morgan fingerprint density at radius 2 is 2.21 bits per heavy atom. The molecule has 3 heteroatoms. The average Bonchev–Trinajstić information content (AvgIpc) is 2.19. The van der Waals surface area contributed by atoms with Crippen molar-refractivity contribution in [1.82, 2.24) is 0 Å². The maximum Gasteiger partial charge on any atom is 0.373 e. The molecule has 3 nitrogen and oxygen atoms in total. The molecule has 14 heavy (non-hydrogen) atoms. The van der Waals surface area contributed by atoms with E-state index in [1.165, 1.54) is 0 Å². The lowest BCUT2D eigenvalue weighted by Crippen LogP contribution is -2.31. The van der Waals surface area contributed by atoms with Crippen molar-refractivity contribution in [2.24, 2.45) is 0 Å². The molecule has 74 valence electrons. The number of rotatable bonds is 3. The lowest BCUT2D eigenvalue weighted by atomic mass is 10.1. The molecule has 0 N–H and O–H groups in total. The van der Waals surface area contributed by atoms with Gasteiger partial charge in [-0.25, -0.2) is 4.79 Å². The second-order valence-corrected chi connectivity index (χ2v) is 2.73. The van der Waals surface area contributed by atoms with Crippen LogP contribution in [0.4, 0.5) is 0 Å². The smallest absolute Gasteiger partial charge is 0.373 e. The van der Waals surface area contributed by atoms with Gasteiger partial charge in [-0.15, -0.1) is 0 Å². The van der Waals surface area contributed by atoms with Crippen molar-refractivity contribution in [1.29, 1.82) is 0 Å². The van der Waals surface area contributed by atoms with Crippen LogP contribution in [0.2, 0.25) is 0 Å². The van der Waals surface area contributed by atoms with Gasteiger partial charge in [-0.05, 0) is 12.2 Å². The second-order valence-electron chi connectivity index (χ2n) is 2.73. The second kappa shape index (κ2) is 4.46. The molecule has 1 aliphatic rings. The zero-order valence-corrected chi connectivity index (χ0v) is 7.86. The monoisotopic (exact) mass is 192 g/mol. The SMILES string of the molecule is C=C/C=C(\C=C)C1COC(=O)C(=C)O1. The minimum atomic E-state index is -0.511. The molecule has 1 atom stereocenters. The van der Waals surface area contributed by atoms with Gasteiger partial charge in [0.15, 0.2) is 11.9 Å². The van der Waals surface area contributed by atoms with Gasteiger partial charge < -0.3 is 9.47 Å². The molecular formula is C11H12O3. The number of allylic oxidation sites excluding steroid dienone is 2. The summed E-state index contributed by atoms with van der Waals surface area (Å²) in [5.74, 6) is -0.485. The summed E-state index contributed by atoms with van der Waals surface area (Å²) in [6.45, 7) is 10.8. The first kappa shape index (κ1) is 10.3. The maximum atomic E-state index is 10.9. The van der Waals surface area contributed by atoms with Crippen molar-refractivity contribution in [2.75, 3.05) is 6.61 Å². The van der Waals surface area contributed by atoms with E-state index in [-0.39, 0.29) is 18.5 Å². The average molecular weight is 192 g/mol. The van der Waals surface area contributed by atoms with E-state index < -0.39 is 5.97 Å². The number of cyclic esters (lactones) is 1. The van der Waals surface area contributed by atoms with E-state index in [9.17, 15) is 4.79 Å². The zero-order valence-electron chi connectivity index (χ0n) is 7.86. The lowest BCUT2D eigenvalue weighted by Gasteiger charge is -2.25. The van der Waals surface area contributed by atoms with Crippen LogP contribution in [0.25, 0.3) is 0 Å². The summed E-state index contributed by atoms with van der Waals surface area (Å²) in [4.78, 5) is 10.9. The number of hydrogen-bond acceptors (Lipinski definition) is 3. The standard InChI is InChI=1S/C11H12O3/c1-4-6-9(5-2)10-7-13-11(12)8(3)14-10/h4-6,10H,1-3,7H2/b9-6+. The number of esters is 1. The first-order valence-corrected chi connectivity index (χ1v) is 4.16. The van der Waals surface area contributed by atoms with Gasteiger partial charge in [0.1, 0.15) is 6.61 Å². The number of carbonyl (C=O) groups excluding carboxylic acids is 1. The van der Waals surface area contributed by atoms with Crippen LogP contribution in [0.1, 0.15) is 0 Å². The molecule has 0 amide bonds. The van der Waals surface area contributed by atoms with Gasteiger partial charge in [-0.3, -0.25) is 0 Å². The third kappa shape index (κ3) is 2.13. The summed E-state index contributed by atoms with van der Waals surface area (Å²) in [5.41, 5.74) is 0.814. The van der Waals surface area contributed by atoms with Crippen LogP contribution < -0.4 is 0 Å². The summed E-state index contributed by atoms with van der Waals surface area (Å²) in [6.07, 6.45) is 4.69. The normalized spacial score (nSPS) is 22.3. The van der Waals surface area contributed by atoms with Gasteiger partial charge >= 0.3 is 5.97 Å². The van der Waals surface area contributed by atoms with E-state index in [0.717, 1.165) is 5.57 Å². The van der Waals surface area contributed by atoms with Crippen LogP contribution in [0.3, 0.4) is 0 Å². The van der Waals surface area contributed by atoms with Crippen LogP contribution in [0, 0.1) is 0 Å². The molecule has 1 heterocycles. The number of carbonyl (C=O) groups is 1. The third-order valence-electron chi connectivity index (χ3n) is 1.80. The fourth-order valence-electron chi connectivity index (χ4n) is 1.09. The predicted molar refractivity (Wildman–Crippen MR) is 53.4 cm³/mol. The van der Waals surface area contributed by atoms with Crippen LogP contribution >= 0.6 is 0 Å². The summed E-state index contributed by atoms with van der Waals surface area (Å²) in [6, 6.07) is 0. The molecule has 1 unspecified atom stereocenters. The zero-order chi connectivity index (χ0) is 10.6. The van der Waals surface area contributed by atoms with E-state index in [0.29, 0.717) is 0 Å². The Labute approximate surface area is 83.0 Å². The minimum Gasteiger partial charge on any atom is -0.475 e. The molecule has 1 fully saturated rings. The van der Waals surface area contributed by atoms with E-state index in [1.807, 2.05) is 0 Å². The van der Waals surface area contributed by atoms with E-state index >= 15 is 0 Å². The highest BCUT2D eigenvalue weighted by Crippen LogP contribution is 2.18. The first-order valence-electron chi connectivity index (χ1n) is 4.16. The highest BCUT2D eigenvalue weighted by atomic mass is 16.6. The fraction of sp³-hybridized carbons (Fsp3) is 0.182. The predicted octanol–water partition coefficient (Wildman–Crippen LogP) is 1.74. The van der Waals surface area contributed by atoms with Crippen molar-refractivity contribution in [3.05, 3.63) is 49.3 Å². The van der Waals surface area contributed by atoms with Gasteiger partial charge in [0.05, 0.1) is 0 Å². The van der Waals surface area contributed by atoms with Crippen molar-refractivity contribution in [3.8, 4) is 0 Å². The highest BCUT2D eigenvalue weighted by molar-refractivity contribution is 5.86.